The van der Waals surface area contributed by atoms with Gasteiger partial charge in [0.25, 0.3) is 0 Å². The quantitative estimate of drug-likeness (QED) is 0.605. The predicted molar refractivity (Wildman–Crippen MR) is 37.6 cm³/mol. The first kappa shape index (κ1) is 5.85. The molecule has 1 N–H and O–H groups in total. The molecule has 0 spiro atoms. The molecule has 0 aromatic carbocycles. The third-order valence-corrected chi connectivity index (χ3v) is 2.38. The fraction of sp³-hybridized carbons (Fsp3) is 0.333. The zero-order valence-corrected chi connectivity index (χ0v) is 6.02. The highest BCUT2D eigenvalue weighted by Gasteiger charge is 2.27. The molecule has 10 heavy (non-hydrogen) atoms. The van der Waals surface area contributed by atoms with Crippen molar-refractivity contribution in [3.05, 3.63) is 17.1 Å². The summed E-state index contributed by atoms with van der Waals surface area (Å²) in [5, 5.41) is 2.78. The number of aromatic nitrogens is 1. The van der Waals surface area contributed by atoms with E-state index in [0.717, 1.165) is 4.88 Å². The number of carbonyl (C=O) groups is 1. The van der Waals surface area contributed by atoms with Crippen molar-refractivity contribution >= 4 is 17.4 Å². The molecule has 1 atom stereocenters. The van der Waals surface area contributed by atoms with Crippen molar-refractivity contribution in [2.24, 2.45) is 0 Å². The number of amides is 1. The second-order valence-corrected chi connectivity index (χ2v) is 3.10. The monoisotopic (exact) mass is 154 g/mol. The van der Waals surface area contributed by atoms with E-state index in [-0.39, 0.29) is 11.9 Å². The summed E-state index contributed by atoms with van der Waals surface area (Å²) in [6, 6.07) is 2.19. The highest BCUT2D eigenvalue weighted by molar-refractivity contribution is 7.05. The lowest BCUT2D eigenvalue weighted by atomic mass is 10.1. The smallest absolute Gasteiger partial charge is 0.222 e. The summed E-state index contributed by atoms with van der Waals surface area (Å²) in [5.74, 6) is 0.137. The van der Waals surface area contributed by atoms with E-state index in [1.807, 2.05) is 6.07 Å². The van der Waals surface area contributed by atoms with Gasteiger partial charge in [0.2, 0.25) is 5.91 Å². The first-order valence-corrected chi connectivity index (χ1v) is 3.83. The fourth-order valence-corrected chi connectivity index (χ4v) is 1.57. The van der Waals surface area contributed by atoms with E-state index >= 15 is 0 Å². The molecular weight excluding hydrogens is 148 g/mol. The van der Waals surface area contributed by atoms with Crippen LogP contribution < -0.4 is 5.32 Å². The minimum absolute atomic E-state index is 0.137. The summed E-state index contributed by atoms with van der Waals surface area (Å²) in [4.78, 5) is 11.6. The number of nitrogens with zero attached hydrogens (tertiary/aromatic N) is 1. The first-order valence-electron chi connectivity index (χ1n) is 3.06. The van der Waals surface area contributed by atoms with Crippen LogP contribution in [-0.4, -0.2) is 10.3 Å². The Labute approximate surface area is 62.2 Å². The van der Waals surface area contributed by atoms with Crippen LogP contribution in [0, 0.1) is 0 Å². The molecule has 0 aliphatic carbocycles. The van der Waals surface area contributed by atoms with E-state index in [0.29, 0.717) is 6.42 Å². The maximum absolute atomic E-state index is 10.5. The number of rotatable bonds is 1. The lowest BCUT2D eigenvalue weighted by molar-refractivity contribution is -0.128. The Bertz CT molecular complexity index is 236. The van der Waals surface area contributed by atoms with Gasteiger partial charge >= 0.3 is 0 Å². The van der Waals surface area contributed by atoms with Crippen molar-refractivity contribution in [1.82, 2.24) is 9.69 Å². The van der Waals surface area contributed by atoms with Crippen molar-refractivity contribution in [2.45, 2.75) is 12.5 Å². The van der Waals surface area contributed by atoms with Gasteiger partial charge in [-0.05, 0) is 17.6 Å². The molecule has 1 aromatic heterocycles. The number of hydrogen-bond donors (Lipinski definition) is 1. The lowest BCUT2D eigenvalue weighted by Crippen LogP contribution is -2.40. The van der Waals surface area contributed by atoms with Crippen LogP contribution in [0.4, 0.5) is 0 Å². The third kappa shape index (κ3) is 0.806. The van der Waals surface area contributed by atoms with Crippen LogP contribution in [0.15, 0.2) is 12.3 Å². The van der Waals surface area contributed by atoms with Crippen LogP contribution >= 0.6 is 11.5 Å². The maximum Gasteiger partial charge on any atom is 0.222 e. The van der Waals surface area contributed by atoms with Crippen molar-refractivity contribution in [1.29, 1.82) is 0 Å². The summed E-state index contributed by atoms with van der Waals surface area (Å²) >= 11 is 1.44. The summed E-state index contributed by atoms with van der Waals surface area (Å²) in [6.45, 7) is 0. The molecule has 2 rings (SSSR count). The van der Waals surface area contributed by atoms with Gasteiger partial charge in [0.1, 0.15) is 0 Å². The fourth-order valence-electron chi connectivity index (χ4n) is 0.936. The third-order valence-electron chi connectivity index (χ3n) is 1.53. The van der Waals surface area contributed by atoms with E-state index in [2.05, 4.69) is 9.69 Å². The Hall–Kier alpha value is -0.900. The van der Waals surface area contributed by atoms with Gasteiger partial charge in [-0.15, -0.1) is 0 Å². The molecule has 0 saturated carbocycles. The van der Waals surface area contributed by atoms with Crippen LogP contribution in [0.1, 0.15) is 17.3 Å². The average Bonchev–Trinajstić information content (AvgIpc) is 2.31. The molecule has 1 saturated heterocycles. The molecular formula is C6H6N2OS. The SMILES string of the molecule is O=C1CC(c2ccns2)N1. The van der Waals surface area contributed by atoms with Crippen LogP contribution in [0.5, 0.6) is 0 Å². The average molecular weight is 154 g/mol. The van der Waals surface area contributed by atoms with E-state index in [1.165, 1.54) is 11.5 Å². The molecule has 52 valence electrons. The number of carbonyl (C=O) groups excluding carboxylic acids is 1. The van der Waals surface area contributed by atoms with Gasteiger partial charge in [0.15, 0.2) is 0 Å². The molecule has 1 amide bonds. The molecule has 1 fully saturated rings. The van der Waals surface area contributed by atoms with Crippen molar-refractivity contribution in [3.63, 3.8) is 0 Å². The van der Waals surface area contributed by atoms with E-state index in [1.54, 1.807) is 6.20 Å². The van der Waals surface area contributed by atoms with Gasteiger partial charge in [0, 0.05) is 11.1 Å². The van der Waals surface area contributed by atoms with Crippen molar-refractivity contribution < 1.29 is 4.79 Å². The van der Waals surface area contributed by atoms with E-state index in [4.69, 9.17) is 0 Å². The Balaban J connectivity index is 2.10. The van der Waals surface area contributed by atoms with Crippen molar-refractivity contribution in [2.75, 3.05) is 0 Å². The first-order chi connectivity index (χ1) is 4.86. The van der Waals surface area contributed by atoms with E-state index < -0.39 is 0 Å². The normalized spacial score (nSPS) is 23.6. The highest BCUT2D eigenvalue weighted by Crippen LogP contribution is 2.25. The highest BCUT2D eigenvalue weighted by atomic mass is 32.1. The Morgan fingerprint density at radius 1 is 1.80 bits per heavy atom. The van der Waals surface area contributed by atoms with Gasteiger partial charge in [-0.25, -0.2) is 4.37 Å². The molecule has 3 nitrogen and oxygen atoms in total. The summed E-state index contributed by atoms with van der Waals surface area (Å²) in [6.07, 6.45) is 2.38. The number of β-lactam (4-membered cyclic amide) rings is 1. The molecule has 1 aliphatic heterocycles. The van der Waals surface area contributed by atoms with Gasteiger partial charge in [-0.1, -0.05) is 0 Å². The second kappa shape index (κ2) is 2.05. The molecule has 0 bridgehead atoms. The van der Waals surface area contributed by atoms with Crippen LogP contribution in [0.2, 0.25) is 0 Å². The zero-order chi connectivity index (χ0) is 6.97. The zero-order valence-electron chi connectivity index (χ0n) is 5.20. The van der Waals surface area contributed by atoms with Gasteiger partial charge < -0.3 is 5.32 Å². The van der Waals surface area contributed by atoms with Gasteiger partial charge in [-0.2, -0.15) is 0 Å². The minimum Gasteiger partial charge on any atom is -0.348 e. The Morgan fingerprint density at radius 3 is 3.10 bits per heavy atom. The molecule has 1 unspecified atom stereocenters. The van der Waals surface area contributed by atoms with Crippen LogP contribution in [0.25, 0.3) is 0 Å². The van der Waals surface area contributed by atoms with Gasteiger partial charge in [-0.3, -0.25) is 4.79 Å². The Kier molecular flexibility index (Phi) is 1.20. The van der Waals surface area contributed by atoms with E-state index in [9.17, 15) is 4.79 Å². The summed E-state index contributed by atoms with van der Waals surface area (Å²) < 4.78 is 3.94. The molecule has 1 aliphatic rings. The molecule has 0 radical (unpaired) electrons. The van der Waals surface area contributed by atoms with Gasteiger partial charge in [0.05, 0.1) is 12.5 Å². The predicted octanol–water partition coefficient (Wildman–Crippen LogP) is 0.704. The lowest BCUT2D eigenvalue weighted by Gasteiger charge is -2.24. The van der Waals surface area contributed by atoms with Crippen LogP contribution in [0.3, 0.4) is 0 Å². The summed E-state index contributed by atoms with van der Waals surface area (Å²) in [5.41, 5.74) is 0. The van der Waals surface area contributed by atoms with Crippen LogP contribution in [-0.2, 0) is 4.79 Å². The topological polar surface area (TPSA) is 42.0 Å². The number of hydrogen-bond acceptors (Lipinski definition) is 3. The maximum atomic E-state index is 10.5. The minimum atomic E-state index is 0.137. The number of nitrogens with one attached hydrogen (secondary N) is 1. The molecule has 1 aromatic rings. The standard InChI is InChI=1S/C6H6N2OS/c9-6-3-4(8-6)5-1-2-7-10-5/h1-2,4H,3H2,(H,8,9). The second-order valence-electron chi connectivity index (χ2n) is 2.24. The Morgan fingerprint density at radius 2 is 2.60 bits per heavy atom. The molecule has 2 heterocycles. The largest absolute Gasteiger partial charge is 0.348 e. The van der Waals surface area contributed by atoms with Crippen molar-refractivity contribution in [3.8, 4) is 0 Å². The summed E-state index contributed by atoms with van der Waals surface area (Å²) in [7, 11) is 0. The molecule has 4 heteroatoms.